The van der Waals surface area contributed by atoms with Crippen LogP contribution < -0.4 is 5.69 Å². The molecule has 0 saturated carbocycles. The zero-order valence-electron chi connectivity index (χ0n) is 18.5. The fourth-order valence-corrected chi connectivity index (χ4v) is 5.53. The van der Waals surface area contributed by atoms with Crippen molar-refractivity contribution in [3.05, 3.63) is 59.0 Å². The summed E-state index contributed by atoms with van der Waals surface area (Å²) in [6.07, 6.45) is 9.93. The van der Waals surface area contributed by atoms with Crippen molar-refractivity contribution in [2.45, 2.75) is 57.2 Å². The van der Waals surface area contributed by atoms with Gasteiger partial charge in [-0.1, -0.05) is 12.1 Å². The third-order valence-corrected chi connectivity index (χ3v) is 7.53. The van der Waals surface area contributed by atoms with E-state index in [0.29, 0.717) is 6.04 Å². The fourth-order valence-electron chi connectivity index (χ4n) is 5.53. The molecule has 0 bridgehead atoms. The third-order valence-electron chi connectivity index (χ3n) is 7.53. The van der Waals surface area contributed by atoms with Crippen molar-refractivity contribution in [2.75, 3.05) is 26.2 Å². The Balaban J connectivity index is 1.20. The number of imidazole rings is 1. The number of rotatable bonds is 4. The van der Waals surface area contributed by atoms with Gasteiger partial charge >= 0.3 is 5.69 Å². The number of hydrogen-bond donors (Lipinski definition) is 1. The molecule has 5 rings (SSSR count). The van der Waals surface area contributed by atoms with E-state index in [1.807, 2.05) is 35.2 Å². The smallest absolute Gasteiger partial charge is 0.306 e. The minimum atomic E-state index is -0.0459. The van der Waals surface area contributed by atoms with E-state index in [2.05, 4.69) is 44.7 Å². The molecular weight excluding hydrogens is 388 g/mol. The molecule has 0 atom stereocenters. The SMILES string of the molecule is CC(C)(c1cncnc1)N1CCC(N2CCC(n3c(=O)[nH]c4ccccc43)CC2)CC1. The third kappa shape index (κ3) is 3.81. The minimum Gasteiger partial charge on any atom is -0.306 e. The van der Waals surface area contributed by atoms with Gasteiger partial charge in [0.25, 0.3) is 0 Å². The van der Waals surface area contributed by atoms with Crippen LogP contribution in [-0.4, -0.2) is 61.5 Å². The van der Waals surface area contributed by atoms with E-state index < -0.39 is 0 Å². The van der Waals surface area contributed by atoms with Crippen molar-refractivity contribution >= 4 is 11.0 Å². The highest BCUT2D eigenvalue weighted by molar-refractivity contribution is 5.75. The second-order valence-corrected chi connectivity index (χ2v) is 9.49. The molecule has 2 aromatic heterocycles. The predicted molar refractivity (Wildman–Crippen MR) is 122 cm³/mol. The number of H-pyrrole nitrogens is 1. The summed E-state index contributed by atoms with van der Waals surface area (Å²) in [5.74, 6) is 0. The van der Waals surface area contributed by atoms with E-state index in [9.17, 15) is 4.79 Å². The fraction of sp³-hybridized carbons (Fsp3) is 0.542. The van der Waals surface area contributed by atoms with E-state index in [-0.39, 0.29) is 17.3 Å². The molecule has 2 fully saturated rings. The molecule has 2 saturated heterocycles. The second kappa shape index (κ2) is 8.20. The summed E-state index contributed by atoms with van der Waals surface area (Å²) >= 11 is 0. The van der Waals surface area contributed by atoms with E-state index >= 15 is 0 Å². The van der Waals surface area contributed by atoms with Crippen LogP contribution >= 0.6 is 0 Å². The largest absolute Gasteiger partial charge is 0.326 e. The van der Waals surface area contributed by atoms with Gasteiger partial charge in [0.1, 0.15) is 6.33 Å². The van der Waals surface area contributed by atoms with Crippen LogP contribution in [0.5, 0.6) is 0 Å². The highest BCUT2D eigenvalue weighted by Gasteiger charge is 2.35. The molecule has 2 aliphatic rings. The maximum absolute atomic E-state index is 12.5. The monoisotopic (exact) mass is 420 g/mol. The summed E-state index contributed by atoms with van der Waals surface area (Å²) < 4.78 is 1.99. The first-order chi connectivity index (χ1) is 15.0. The maximum atomic E-state index is 12.5. The Labute approximate surface area is 183 Å². The van der Waals surface area contributed by atoms with Crippen LogP contribution in [0.1, 0.15) is 51.1 Å². The van der Waals surface area contributed by atoms with Crippen molar-refractivity contribution in [1.29, 1.82) is 0 Å². The number of nitrogens with zero attached hydrogens (tertiary/aromatic N) is 5. The summed E-state index contributed by atoms with van der Waals surface area (Å²) in [7, 11) is 0. The lowest BCUT2D eigenvalue weighted by Gasteiger charge is -2.46. The average molecular weight is 421 g/mol. The number of hydrogen-bond acceptors (Lipinski definition) is 5. The van der Waals surface area contributed by atoms with E-state index in [1.54, 1.807) is 6.33 Å². The van der Waals surface area contributed by atoms with Gasteiger partial charge in [-0.05, 0) is 51.7 Å². The highest BCUT2D eigenvalue weighted by atomic mass is 16.1. The molecule has 3 aromatic rings. The molecule has 0 unspecified atom stereocenters. The number of para-hydroxylation sites is 2. The normalized spacial score (nSPS) is 20.5. The Morgan fingerprint density at radius 3 is 2.29 bits per heavy atom. The molecule has 0 radical (unpaired) electrons. The van der Waals surface area contributed by atoms with Gasteiger partial charge < -0.3 is 9.88 Å². The topological polar surface area (TPSA) is 70.1 Å². The number of piperidine rings is 2. The molecule has 7 heteroatoms. The van der Waals surface area contributed by atoms with Gasteiger partial charge in [-0.2, -0.15) is 0 Å². The summed E-state index contributed by atoms with van der Waals surface area (Å²) in [6, 6.07) is 8.95. The van der Waals surface area contributed by atoms with Gasteiger partial charge in [-0.25, -0.2) is 14.8 Å². The van der Waals surface area contributed by atoms with Crippen LogP contribution in [0.2, 0.25) is 0 Å². The number of aromatic nitrogens is 4. The van der Waals surface area contributed by atoms with Crippen LogP contribution in [-0.2, 0) is 5.54 Å². The van der Waals surface area contributed by atoms with E-state index in [4.69, 9.17) is 0 Å². The molecule has 1 N–H and O–H groups in total. The zero-order chi connectivity index (χ0) is 21.4. The van der Waals surface area contributed by atoms with Gasteiger partial charge in [-0.15, -0.1) is 0 Å². The lowest BCUT2D eigenvalue weighted by atomic mass is 9.90. The standard InChI is InChI=1S/C24H32N6O/c1-24(2,18-15-25-17-26-16-18)29-13-9-19(10-14-29)28-11-7-20(8-12-28)30-22-6-4-3-5-21(22)27-23(30)31/h3-6,15-17,19-20H,7-14H2,1-2H3,(H,27,31). The van der Waals surface area contributed by atoms with E-state index in [0.717, 1.165) is 50.1 Å². The molecule has 0 amide bonds. The molecular formula is C24H32N6O. The number of likely N-dealkylation sites (tertiary alicyclic amines) is 2. The molecule has 1 aromatic carbocycles. The lowest BCUT2D eigenvalue weighted by Crippen LogP contribution is -2.52. The molecule has 0 spiro atoms. The van der Waals surface area contributed by atoms with Crippen LogP contribution in [0.25, 0.3) is 11.0 Å². The Morgan fingerprint density at radius 2 is 1.58 bits per heavy atom. The predicted octanol–water partition coefficient (Wildman–Crippen LogP) is 3.16. The molecule has 4 heterocycles. The summed E-state index contributed by atoms with van der Waals surface area (Å²) in [6.45, 7) is 8.87. The van der Waals surface area contributed by atoms with Gasteiger partial charge in [0.05, 0.1) is 11.0 Å². The van der Waals surface area contributed by atoms with Crippen LogP contribution in [0.15, 0.2) is 47.8 Å². The van der Waals surface area contributed by atoms with Crippen LogP contribution in [0.4, 0.5) is 0 Å². The van der Waals surface area contributed by atoms with Gasteiger partial charge in [0, 0.05) is 61.8 Å². The van der Waals surface area contributed by atoms with E-state index in [1.165, 1.54) is 18.4 Å². The Hall–Kier alpha value is -2.51. The van der Waals surface area contributed by atoms with Crippen molar-refractivity contribution in [3.8, 4) is 0 Å². The van der Waals surface area contributed by atoms with Gasteiger partial charge in [0.15, 0.2) is 0 Å². The van der Waals surface area contributed by atoms with Crippen LogP contribution in [0.3, 0.4) is 0 Å². The maximum Gasteiger partial charge on any atom is 0.326 e. The van der Waals surface area contributed by atoms with Crippen LogP contribution in [0, 0.1) is 0 Å². The average Bonchev–Trinajstić information content (AvgIpc) is 3.15. The molecule has 2 aliphatic heterocycles. The molecule has 164 valence electrons. The zero-order valence-corrected chi connectivity index (χ0v) is 18.5. The van der Waals surface area contributed by atoms with Crippen molar-refractivity contribution in [1.82, 2.24) is 29.3 Å². The Morgan fingerprint density at radius 1 is 0.935 bits per heavy atom. The number of aromatic amines is 1. The highest BCUT2D eigenvalue weighted by Crippen LogP contribution is 2.33. The van der Waals surface area contributed by atoms with Crippen molar-refractivity contribution in [3.63, 3.8) is 0 Å². The lowest BCUT2D eigenvalue weighted by molar-refractivity contribution is 0.0342. The van der Waals surface area contributed by atoms with Gasteiger partial charge in [0.2, 0.25) is 0 Å². The van der Waals surface area contributed by atoms with Crippen molar-refractivity contribution in [2.24, 2.45) is 0 Å². The Kier molecular flexibility index (Phi) is 5.40. The molecule has 7 nitrogen and oxygen atoms in total. The second-order valence-electron chi connectivity index (χ2n) is 9.49. The first kappa shape index (κ1) is 20.4. The number of fused-ring (bicyclic) bond motifs is 1. The van der Waals surface area contributed by atoms with Gasteiger partial charge in [-0.3, -0.25) is 9.47 Å². The first-order valence-electron chi connectivity index (χ1n) is 11.5. The minimum absolute atomic E-state index is 0.0279. The quantitative estimate of drug-likeness (QED) is 0.702. The number of benzene rings is 1. The van der Waals surface area contributed by atoms with Crippen molar-refractivity contribution < 1.29 is 0 Å². The molecule has 0 aliphatic carbocycles. The first-order valence-corrected chi connectivity index (χ1v) is 11.5. The summed E-state index contributed by atoms with van der Waals surface area (Å²) in [4.78, 5) is 29.2. The summed E-state index contributed by atoms with van der Waals surface area (Å²) in [5.41, 5.74) is 3.13. The summed E-state index contributed by atoms with van der Waals surface area (Å²) in [5, 5.41) is 0. The Bertz CT molecular complexity index is 1070. The molecule has 31 heavy (non-hydrogen) atoms. The number of nitrogens with one attached hydrogen (secondary N) is 1.